The number of anilines is 1. The van der Waals surface area contributed by atoms with E-state index in [0.29, 0.717) is 42.0 Å². The van der Waals surface area contributed by atoms with Crippen molar-refractivity contribution in [1.82, 2.24) is 14.8 Å². The zero-order chi connectivity index (χ0) is 25.4. The van der Waals surface area contributed by atoms with Crippen LogP contribution in [-0.2, 0) is 17.9 Å². The van der Waals surface area contributed by atoms with Gasteiger partial charge in [-0.25, -0.2) is 9.37 Å². The first kappa shape index (κ1) is 24.1. The van der Waals surface area contributed by atoms with Crippen molar-refractivity contribution in [2.24, 2.45) is 5.92 Å². The van der Waals surface area contributed by atoms with E-state index >= 15 is 0 Å². The Morgan fingerprint density at radius 2 is 2.00 bits per heavy atom. The summed E-state index contributed by atoms with van der Waals surface area (Å²) in [6.45, 7) is 3.58. The SMILES string of the molecule is Cc1csc(CN(C)C(=O)C2CCCN(c3cccc4c3C(=O)N(Cc3cccc(F)c3)C4=O)C2)n1. The fourth-order valence-electron chi connectivity index (χ4n) is 5.01. The number of benzene rings is 2. The van der Waals surface area contributed by atoms with Crippen LogP contribution >= 0.6 is 11.3 Å². The fourth-order valence-corrected chi connectivity index (χ4v) is 5.83. The minimum absolute atomic E-state index is 0.00564. The zero-order valence-electron chi connectivity index (χ0n) is 20.2. The molecule has 0 spiro atoms. The Labute approximate surface area is 213 Å². The number of aryl methyl sites for hydroxylation is 1. The van der Waals surface area contributed by atoms with E-state index < -0.39 is 5.82 Å². The Hall–Kier alpha value is -3.59. The van der Waals surface area contributed by atoms with Gasteiger partial charge in [0.05, 0.1) is 35.8 Å². The predicted octanol–water partition coefficient (Wildman–Crippen LogP) is 4.26. The molecule has 186 valence electrons. The minimum Gasteiger partial charge on any atom is -0.370 e. The number of amides is 3. The van der Waals surface area contributed by atoms with Crippen molar-refractivity contribution in [3.8, 4) is 0 Å². The first-order valence-electron chi connectivity index (χ1n) is 12.0. The number of carbonyl (C=O) groups excluding carboxylic acids is 3. The molecule has 2 aliphatic heterocycles. The van der Waals surface area contributed by atoms with Crippen LogP contribution in [0.5, 0.6) is 0 Å². The van der Waals surface area contributed by atoms with Crippen LogP contribution in [0.25, 0.3) is 0 Å². The molecule has 0 radical (unpaired) electrons. The maximum absolute atomic E-state index is 13.7. The molecule has 0 N–H and O–H groups in total. The monoisotopic (exact) mass is 506 g/mol. The Morgan fingerprint density at radius 3 is 2.75 bits per heavy atom. The molecule has 1 atom stereocenters. The van der Waals surface area contributed by atoms with Crippen LogP contribution in [0.4, 0.5) is 10.1 Å². The smallest absolute Gasteiger partial charge is 0.263 e. The highest BCUT2D eigenvalue weighted by atomic mass is 32.1. The number of hydrogen-bond donors (Lipinski definition) is 0. The molecular formula is C27H27FN4O3S. The third-order valence-electron chi connectivity index (χ3n) is 6.73. The average molecular weight is 507 g/mol. The first-order valence-corrected chi connectivity index (χ1v) is 12.8. The average Bonchev–Trinajstić information content (AvgIpc) is 3.39. The number of halogens is 1. The summed E-state index contributed by atoms with van der Waals surface area (Å²) in [6.07, 6.45) is 1.57. The van der Waals surface area contributed by atoms with Crippen LogP contribution in [0.2, 0.25) is 0 Å². The molecule has 3 amide bonds. The summed E-state index contributed by atoms with van der Waals surface area (Å²) in [5.41, 5.74) is 2.87. The summed E-state index contributed by atoms with van der Waals surface area (Å²) >= 11 is 1.54. The molecule has 3 aromatic rings. The van der Waals surface area contributed by atoms with E-state index in [9.17, 15) is 18.8 Å². The molecule has 1 saturated heterocycles. The lowest BCUT2D eigenvalue weighted by Crippen LogP contribution is -2.44. The molecule has 7 nitrogen and oxygen atoms in total. The van der Waals surface area contributed by atoms with E-state index in [1.807, 2.05) is 23.3 Å². The Morgan fingerprint density at radius 1 is 1.19 bits per heavy atom. The number of thiazole rings is 1. The van der Waals surface area contributed by atoms with E-state index in [0.717, 1.165) is 23.5 Å². The second-order valence-corrected chi connectivity index (χ2v) is 10.3. The molecule has 9 heteroatoms. The third kappa shape index (κ3) is 4.63. The van der Waals surface area contributed by atoms with Gasteiger partial charge in [-0.05, 0) is 49.6 Å². The lowest BCUT2D eigenvalue weighted by molar-refractivity contribution is -0.135. The topological polar surface area (TPSA) is 73.8 Å². The van der Waals surface area contributed by atoms with Crippen molar-refractivity contribution in [1.29, 1.82) is 0 Å². The molecule has 1 fully saturated rings. The zero-order valence-corrected chi connectivity index (χ0v) is 21.1. The lowest BCUT2D eigenvalue weighted by atomic mass is 9.95. The van der Waals surface area contributed by atoms with Crippen LogP contribution in [0, 0.1) is 18.7 Å². The highest BCUT2D eigenvalue weighted by Gasteiger charge is 2.39. The number of rotatable bonds is 6. The summed E-state index contributed by atoms with van der Waals surface area (Å²) in [5, 5.41) is 2.88. The maximum Gasteiger partial charge on any atom is 0.263 e. The van der Waals surface area contributed by atoms with Crippen LogP contribution < -0.4 is 4.90 Å². The molecule has 5 rings (SSSR count). The van der Waals surface area contributed by atoms with Gasteiger partial charge in [0.15, 0.2) is 0 Å². The number of aromatic nitrogens is 1. The summed E-state index contributed by atoms with van der Waals surface area (Å²) in [7, 11) is 1.80. The second kappa shape index (κ2) is 9.81. The first-order chi connectivity index (χ1) is 17.3. The van der Waals surface area contributed by atoms with Crippen molar-refractivity contribution < 1.29 is 18.8 Å². The molecule has 1 aromatic heterocycles. The highest BCUT2D eigenvalue weighted by molar-refractivity contribution is 7.09. The summed E-state index contributed by atoms with van der Waals surface area (Å²) in [6, 6.07) is 11.2. The fraction of sp³-hybridized carbons (Fsp3) is 0.333. The van der Waals surface area contributed by atoms with Crippen LogP contribution in [-0.4, -0.2) is 52.6 Å². The van der Waals surface area contributed by atoms with Crippen LogP contribution in [0.3, 0.4) is 0 Å². The Kier molecular flexibility index (Phi) is 6.57. The quantitative estimate of drug-likeness (QED) is 0.467. The molecule has 3 heterocycles. The van der Waals surface area contributed by atoms with E-state index in [4.69, 9.17) is 0 Å². The molecule has 0 aliphatic carbocycles. The van der Waals surface area contributed by atoms with Crippen molar-refractivity contribution in [3.63, 3.8) is 0 Å². The Balaban J connectivity index is 1.34. The van der Waals surface area contributed by atoms with Gasteiger partial charge in [-0.1, -0.05) is 18.2 Å². The summed E-state index contributed by atoms with van der Waals surface area (Å²) in [4.78, 5) is 49.1. The van der Waals surface area contributed by atoms with Gasteiger partial charge < -0.3 is 9.80 Å². The largest absolute Gasteiger partial charge is 0.370 e. The lowest BCUT2D eigenvalue weighted by Gasteiger charge is -2.36. The van der Waals surface area contributed by atoms with Crippen molar-refractivity contribution >= 4 is 34.7 Å². The van der Waals surface area contributed by atoms with Gasteiger partial charge in [-0.3, -0.25) is 19.3 Å². The summed E-state index contributed by atoms with van der Waals surface area (Å²) < 4.78 is 13.7. The van der Waals surface area contributed by atoms with Crippen molar-refractivity contribution in [2.75, 3.05) is 25.0 Å². The van der Waals surface area contributed by atoms with Crippen LogP contribution in [0.1, 0.15) is 49.8 Å². The van der Waals surface area contributed by atoms with E-state index in [2.05, 4.69) is 4.98 Å². The van der Waals surface area contributed by atoms with E-state index in [1.165, 1.54) is 17.0 Å². The molecule has 0 saturated carbocycles. The van der Waals surface area contributed by atoms with Crippen LogP contribution in [0.15, 0.2) is 47.8 Å². The van der Waals surface area contributed by atoms with E-state index in [-0.39, 0.29) is 30.2 Å². The normalized spacial score (nSPS) is 17.5. The van der Waals surface area contributed by atoms with Gasteiger partial charge in [-0.15, -0.1) is 11.3 Å². The number of nitrogens with zero attached hydrogens (tertiary/aromatic N) is 4. The molecular weight excluding hydrogens is 479 g/mol. The number of fused-ring (bicyclic) bond motifs is 1. The number of carbonyl (C=O) groups is 3. The highest BCUT2D eigenvalue weighted by Crippen LogP contribution is 2.35. The number of hydrogen-bond acceptors (Lipinski definition) is 6. The van der Waals surface area contributed by atoms with Crippen molar-refractivity contribution in [3.05, 3.63) is 81.1 Å². The van der Waals surface area contributed by atoms with Gasteiger partial charge in [-0.2, -0.15) is 0 Å². The minimum atomic E-state index is -0.413. The standard InChI is InChI=1S/C27H27FN4O3S/c1-17-16-36-23(29-17)15-30(2)25(33)19-7-5-11-31(14-19)22-10-4-9-21-24(22)27(35)32(26(21)34)13-18-6-3-8-20(28)12-18/h3-4,6,8-10,12,16,19H,5,7,11,13-15H2,1-2H3. The van der Waals surface area contributed by atoms with Gasteiger partial charge in [0.2, 0.25) is 5.91 Å². The third-order valence-corrected chi connectivity index (χ3v) is 7.68. The number of piperidine rings is 1. The molecule has 1 unspecified atom stereocenters. The summed E-state index contributed by atoms with van der Waals surface area (Å²) in [5.74, 6) is -1.35. The van der Waals surface area contributed by atoms with Gasteiger partial charge in [0.1, 0.15) is 10.8 Å². The van der Waals surface area contributed by atoms with Gasteiger partial charge in [0, 0.05) is 31.2 Å². The molecule has 2 aliphatic rings. The van der Waals surface area contributed by atoms with E-state index in [1.54, 1.807) is 47.5 Å². The van der Waals surface area contributed by atoms with Crippen molar-refractivity contribution in [2.45, 2.75) is 32.9 Å². The number of imide groups is 1. The van der Waals surface area contributed by atoms with Gasteiger partial charge in [0.25, 0.3) is 11.8 Å². The molecule has 0 bridgehead atoms. The van der Waals surface area contributed by atoms with Gasteiger partial charge >= 0.3 is 0 Å². The second-order valence-electron chi connectivity index (χ2n) is 9.39. The molecule has 2 aromatic carbocycles. The maximum atomic E-state index is 13.7. The Bertz CT molecular complexity index is 1340. The predicted molar refractivity (Wildman–Crippen MR) is 135 cm³/mol. The molecule has 36 heavy (non-hydrogen) atoms.